The summed E-state index contributed by atoms with van der Waals surface area (Å²) in [4.78, 5) is 43.6. The first-order chi connectivity index (χ1) is 8.15. The molecule has 0 N–H and O–H groups in total. The first-order valence-electron chi connectivity index (χ1n) is 4.71. The molecule has 7 heteroatoms. The van der Waals surface area contributed by atoms with E-state index in [1.165, 1.54) is 12.1 Å². The van der Waals surface area contributed by atoms with Crippen LogP contribution in [0.2, 0.25) is 0 Å². The molecule has 0 spiro atoms. The van der Waals surface area contributed by atoms with Crippen LogP contribution < -0.4 is 0 Å². The van der Waals surface area contributed by atoms with Crippen LogP contribution in [0.15, 0.2) is 24.3 Å². The van der Waals surface area contributed by atoms with Gasteiger partial charge in [-0.3, -0.25) is 14.4 Å². The van der Waals surface area contributed by atoms with Crippen molar-refractivity contribution in [1.29, 1.82) is 0 Å². The fourth-order valence-corrected chi connectivity index (χ4v) is 1.53. The first-order valence-corrected chi connectivity index (χ1v) is 4.71. The number of hydrogen-bond donors (Lipinski definition) is 0. The number of fused-ring (bicyclic) bond motifs is 1. The Morgan fingerprint density at radius 1 is 1.18 bits per heavy atom. The van der Waals surface area contributed by atoms with Crippen molar-refractivity contribution in [3.8, 4) is 0 Å². The molecule has 0 atom stereocenters. The van der Waals surface area contributed by atoms with Crippen LogP contribution in [0.25, 0.3) is 0 Å². The van der Waals surface area contributed by atoms with E-state index in [1.54, 1.807) is 12.1 Å². The van der Waals surface area contributed by atoms with Gasteiger partial charge >= 0.3 is 13.3 Å². The van der Waals surface area contributed by atoms with Crippen LogP contribution in [0, 0.1) is 0 Å². The minimum Gasteiger partial charge on any atom is -0.311 e. The van der Waals surface area contributed by atoms with Crippen molar-refractivity contribution >= 4 is 25.1 Å². The maximum atomic E-state index is 11.8. The van der Waals surface area contributed by atoms with Crippen LogP contribution in [-0.2, 0) is 9.78 Å². The molecule has 1 aromatic carbocycles. The highest BCUT2D eigenvalue weighted by Crippen LogP contribution is 2.21. The fourth-order valence-electron chi connectivity index (χ4n) is 1.53. The number of carbonyl (C=O) groups is 3. The summed E-state index contributed by atoms with van der Waals surface area (Å²) in [6.07, 6.45) is 0. The summed E-state index contributed by atoms with van der Waals surface area (Å²) >= 11 is 0. The molecule has 85 valence electrons. The molecule has 0 unspecified atom stereocenters. The van der Waals surface area contributed by atoms with Gasteiger partial charge in [-0.15, -0.1) is 0 Å². The zero-order valence-corrected chi connectivity index (χ0v) is 8.88. The molecular weight excluding hydrogens is 225 g/mol. The predicted molar refractivity (Wildman–Crippen MR) is 56.2 cm³/mol. The molecule has 2 amide bonds. The van der Waals surface area contributed by atoms with Gasteiger partial charge in [0.1, 0.15) is 0 Å². The molecule has 0 fully saturated rings. The van der Waals surface area contributed by atoms with E-state index < -0.39 is 17.7 Å². The third-order valence-corrected chi connectivity index (χ3v) is 2.23. The molecule has 0 aromatic heterocycles. The predicted octanol–water partition coefficient (Wildman–Crippen LogP) is 0.600. The molecule has 1 radical (unpaired) electrons. The molecule has 1 aromatic rings. The van der Waals surface area contributed by atoms with E-state index >= 15 is 0 Å². The smallest absolute Gasteiger partial charge is 0.311 e. The second-order valence-corrected chi connectivity index (χ2v) is 3.22. The summed E-state index contributed by atoms with van der Waals surface area (Å²) < 4.78 is 0. The molecule has 1 aliphatic heterocycles. The van der Waals surface area contributed by atoms with Crippen molar-refractivity contribution in [3.63, 3.8) is 0 Å². The van der Waals surface area contributed by atoms with E-state index in [2.05, 4.69) is 9.78 Å². The summed E-state index contributed by atoms with van der Waals surface area (Å²) in [6, 6.07) is 6.32. The van der Waals surface area contributed by atoms with E-state index in [1.807, 2.05) is 0 Å². The lowest BCUT2D eigenvalue weighted by Crippen LogP contribution is -2.38. The molecule has 0 saturated heterocycles. The van der Waals surface area contributed by atoms with E-state index in [9.17, 15) is 14.4 Å². The summed E-state index contributed by atoms with van der Waals surface area (Å²) in [7, 11) is 1.91. The fraction of sp³-hybridized carbons (Fsp3) is 0.100. The van der Waals surface area contributed by atoms with E-state index in [4.69, 9.17) is 0 Å². The zero-order valence-electron chi connectivity index (χ0n) is 8.88. The summed E-state index contributed by atoms with van der Waals surface area (Å²) in [5, 5.41) is 0. The highest BCUT2D eigenvalue weighted by Gasteiger charge is 2.37. The van der Waals surface area contributed by atoms with Gasteiger partial charge in [-0.05, 0) is 12.1 Å². The lowest BCUT2D eigenvalue weighted by atomic mass is 9.92. The van der Waals surface area contributed by atoms with Crippen LogP contribution in [0.3, 0.4) is 0 Å². The van der Waals surface area contributed by atoms with Crippen molar-refractivity contribution in [2.24, 2.45) is 0 Å². The normalized spacial score (nSPS) is 13.6. The molecule has 1 aliphatic rings. The van der Waals surface area contributed by atoms with Gasteiger partial charge in [-0.1, -0.05) is 12.1 Å². The third kappa shape index (κ3) is 1.92. The molecule has 0 saturated carbocycles. The number of carbonyl (C=O) groups excluding carboxylic acids is 3. The van der Waals surface area contributed by atoms with Crippen molar-refractivity contribution in [3.05, 3.63) is 35.4 Å². The Morgan fingerprint density at radius 3 is 2.18 bits per heavy atom. The summed E-state index contributed by atoms with van der Waals surface area (Å²) in [5.74, 6) is -2.04. The largest absolute Gasteiger partial charge is 0.408 e. The second kappa shape index (κ2) is 4.38. The Bertz CT molecular complexity index is 466. The number of nitrogens with zero attached hydrogens (tertiary/aromatic N) is 1. The van der Waals surface area contributed by atoms with Gasteiger partial charge in [0.15, 0.2) is 0 Å². The van der Waals surface area contributed by atoms with Crippen LogP contribution in [0.4, 0.5) is 4.79 Å². The van der Waals surface area contributed by atoms with Crippen molar-refractivity contribution in [1.82, 2.24) is 4.81 Å². The standard InChI is InChI=1S/C10H7BNO5/c1-16-17-10(15)11-12-8(13)6-4-2-3-5-7(6)9(12)14/h2-5H,1H3. The Morgan fingerprint density at radius 2 is 1.71 bits per heavy atom. The minimum absolute atomic E-state index is 0.263. The third-order valence-electron chi connectivity index (χ3n) is 2.23. The number of rotatable bonds is 3. The molecule has 17 heavy (non-hydrogen) atoms. The monoisotopic (exact) mass is 232 g/mol. The van der Waals surface area contributed by atoms with Gasteiger partial charge in [0.05, 0.1) is 18.2 Å². The van der Waals surface area contributed by atoms with Crippen molar-refractivity contribution in [2.75, 3.05) is 7.11 Å². The van der Waals surface area contributed by atoms with Crippen molar-refractivity contribution in [2.45, 2.75) is 0 Å². The van der Waals surface area contributed by atoms with Crippen LogP contribution in [0.1, 0.15) is 20.7 Å². The molecule has 6 nitrogen and oxygen atoms in total. The number of amides is 2. The minimum atomic E-state index is -0.929. The number of hydrogen-bond acceptors (Lipinski definition) is 5. The highest BCUT2D eigenvalue weighted by atomic mass is 17.2. The Balaban J connectivity index is 2.22. The lowest BCUT2D eigenvalue weighted by Gasteiger charge is -2.09. The number of benzene rings is 1. The maximum absolute atomic E-state index is 11.8. The highest BCUT2D eigenvalue weighted by molar-refractivity contribution is 6.74. The lowest BCUT2D eigenvalue weighted by molar-refractivity contribution is -0.204. The van der Waals surface area contributed by atoms with E-state index in [0.717, 1.165) is 14.5 Å². The molecule has 2 rings (SSSR count). The first kappa shape index (κ1) is 11.3. The molecule has 0 bridgehead atoms. The van der Waals surface area contributed by atoms with Crippen molar-refractivity contribution < 1.29 is 24.2 Å². The Labute approximate surface area is 97.3 Å². The summed E-state index contributed by atoms with van der Waals surface area (Å²) in [6.45, 7) is 0. The molecule has 0 aliphatic carbocycles. The van der Waals surface area contributed by atoms with Gasteiger partial charge in [-0.25, -0.2) is 0 Å². The zero-order chi connectivity index (χ0) is 12.4. The summed E-state index contributed by atoms with van der Waals surface area (Å²) in [5.41, 5.74) is 0.526. The average Bonchev–Trinajstić information content (AvgIpc) is 2.56. The van der Waals surface area contributed by atoms with Crippen LogP contribution in [-0.4, -0.2) is 37.0 Å². The van der Waals surface area contributed by atoms with E-state index in [-0.39, 0.29) is 11.1 Å². The Hall–Kier alpha value is -2.15. The van der Waals surface area contributed by atoms with Crippen LogP contribution in [0.5, 0.6) is 0 Å². The van der Waals surface area contributed by atoms with Crippen LogP contribution >= 0.6 is 0 Å². The second-order valence-electron chi connectivity index (χ2n) is 3.22. The number of imide groups is 1. The topological polar surface area (TPSA) is 72.9 Å². The van der Waals surface area contributed by atoms with Gasteiger partial charge in [-0.2, -0.15) is 4.89 Å². The van der Waals surface area contributed by atoms with E-state index in [0.29, 0.717) is 4.81 Å². The van der Waals surface area contributed by atoms with Gasteiger partial charge < -0.3 is 9.70 Å². The van der Waals surface area contributed by atoms with Gasteiger partial charge in [0.25, 0.3) is 0 Å². The molecular formula is C10H7BNO5. The van der Waals surface area contributed by atoms with Gasteiger partial charge in [0, 0.05) is 0 Å². The Kier molecular flexibility index (Phi) is 2.92. The SMILES string of the molecule is COOC(=O)[B]N1C(=O)c2ccccc2C1=O. The maximum Gasteiger partial charge on any atom is 0.408 e. The molecule has 1 heterocycles. The average molecular weight is 232 g/mol. The van der Waals surface area contributed by atoms with Gasteiger partial charge in [0.2, 0.25) is 11.8 Å². The quantitative estimate of drug-likeness (QED) is 0.330.